The van der Waals surface area contributed by atoms with E-state index in [4.69, 9.17) is 4.74 Å². The summed E-state index contributed by atoms with van der Waals surface area (Å²) in [4.78, 5) is 28.0. The molecule has 0 aromatic heterocycles. The van der Waals surface area contributed by atoms with Crippen molar-refractivity contribution >= 4 is 11.7 Å². The minimum Gasteiger partial charge on any atom is -0.364 e. The van der Waals surface area contributed by atoms with Crippen molar-refractivity contribution in [3.05, 3.63) is 71.8 Å². The molecule has 1 atom stereocenters. The summed E-state index contributed by atoms with van der Waals surface area (Å²) in [7, 11) is 1.54. The Bertz CT molecular complexity index is 701. The van der Waals surface area contributed by atoms with E-state index in [0.717, 1.165) is 11.1 Å². The van der Waals surface area contributed by atoms with Crippen molar-refractivity contribution in [2.24, 2.45) is 5.41 Å². The van der Waals surface area contributed by atoms with Gasteiger partial charge in [0.1, 0.15) is 12.1 Å². The zero-order chi connectivity index (χ0) is 17.9. The average molecular weight is 337 g/mol. The highest BCUT2D eigenvalue weighted by molar-refractivity contribution is 6.14. The number of amides is 1. The number of ether oxygens (including phenoxy) is 1. The summed E-state index contributed by atoms with van der Waals surface area (Å²) in [5, 5.41) is 0. The van der Waals surface area contributed by atoms with Gasteiger partial charge in [0.25, 0.3) is 0 Å². The quantitative estimate of drug-likeness (QED) is 0.762. The number of rotatable bonds is 6. The van der Waals surface area contributed by atoms with E-state index in [9.17, 15) is 9.59 Å². The van der Waals surface area contributed by atoms with Gasteiger partial charge in [0.2, 0.25) is 5.91 Å². The summed E-state index contributed by atoms with van der Waals surface area (Å²) in [6.07, 6.45) is 0.815. The third-order valence-corrected chi connectivity index (χ3v) is 4.95. The molecule has 2 aromatic carbocycles. The number of nitrogens with zero attached hydrogens (tertiary/aromatic N) is 1. The molecule has 1 aliphatic rings. The Kier molecular flexibility index (Phi) is 5.00. The van der Waals surface area contributed by atoms with Crippen molar-refractivity contribution in [3.63, 3.8) is 0 Å². The summed E-state index contributed by atoms with van der Waals surface area (Å²) in [6.45, 7) is 1.92. The first kappa shape index (κ1) is 17.4. The lowest BCUT2D eigenvalue weighted by Crippen LogP contribution is -2.41. The highest BCUT2D eigenvalue weighted by Gasteiger charge is 2.57. The molecule has 130 valence electrons. The van der Waals surface area contributed by atoms with Gasteiger partial charge in [-0.3, -0.25) is 9.59 Å². The van der Waals surface area contributed by atoms with Gasteiger partial charge in [-0.25, -0.2) is 0 Å². The van der Waals surface area contributed by atoms with Crippen LogP contribution >= 0.6 is 0 Å². The van der Waals surface area contributed by atoms with Crippen LogP contribution in [0.3, 0.4) is 0 Å². The number of hydrogen-bond donors (Lipinski definition) is 0. The number of hydrogen-bond acceptors (Lipinski definition) is 3. The summed E-state index contributed by atoms with van der Waals surface area (Å²) in [5.41, 5.74) is 0.916. The molecule has 1 heterocycles. The van der Waals surface area contributed by atoms with E-state index in [1.54, 1.807) is 18.9 Å². The Morgan fingerprint density at radius 2 is 1.40 bits per heavy atom. The Morgan fingerprint density at radius 1 is 0.920 bits per heavy atom. The first-order valence-corrected chi connectivity index (χ1v) is 8.50. The minimum atomic E-state index is -1.07. The molecule has 2 aromatic rings. The second kappa shape index (κ2) is 7.19. The Balaban J connectivity index is 2.02. The molecule has 25 heavy (non-hydrogen) atoms. The molecule has 4 nitrogen and oxygen atoms in total. The van der Waals surface area contributed by atoms with Crippen LogP contribution in [0.4, 0.5) is 0 Å². The largest absolute Gasteiger partial charge is 0.364 e. The number of benzene rings is 2. The van der Waals surface area contributed by atoms with Crippen molar-refractivity contribution < 1.29 is 14.3 Å². The van der Waals surface area contributed by atoms with E-state index < -0.39 is 11.5 Å². The lowest BCUT2D eigenvalue weighted by Gasteiger charge is -2.26. The fourth-order valence-corrected chi connectivity index (χ4v) is 3.68. The molecule has 3 rings (SSSR count). The fraction of sp³-hybridized carbons (Fsp3) is 0.333. The Labute approximate surface area is 148 Å². The van der Waals surface area contributed by atoms with Crippen molar-refractivity contribution in [3.8, 4) is 0 Å². The maximum absolute atomic E-state index is 13.3. The number of carbonyl (C=O) groups excluding carboxylic acids is 2. The van der Waals surface area contributed by atoms with Gasteiger partial charge >= 0.3 is 0 Å². The third kappa shape index (κ3) is 3.22. The number of carbonyl (C=O) groups is 2. The van der Waals surface area contributed by atoms with Crippen LogP contribution < -0.4 is 0 Å². The van der Waals surface area contributed by atoms with Crippen LogP contribution in [0.5, 0.6) is 0 Å². The normalized spacial score (nSPS) is 19.4. The van der Waals surface area contributed by atoms with Gasteiger partial charge in [0, 0.05) is 7.11 Å². The van der Waals surface area contributed by atoms with Gasteiger partial charge in [0.05, 0.1) is 6.04 Å². The lowest BCUT2D eigenvalue weighted by molar-refractivity contribution is -0.142. The molecule has 4 heteroatoms. The van der Waals surface area contributed by atoms with Crippen molar-refractivity contribution in [1.82, 2.24) is 4.90 Å². The van der Waals surface area contributed by atoms with Crippen LogP contribution in [-0.4, -0.2) is 36.5 Å². The maximum atomic E-state index is 13.3. The van der Waals surface area contributed by atoms with Crippen LogP contribution in [0.2, 0.25) is 0 Å². The van der Waals surface area contributed by atoms with Crippen molar-refractivity contribution in [1.29, 1.82) is 0 Å². The van der Waals surface area contributed by atoms with Gasteiger partial charge in [-0.05, 0) is 30.9 Å². The molecule has 1 amide bonds. The molecular weight excluding hydrogens is 314 g/mol. The molecule has 1 unspecified atom stereocenters. The number of Topliss-reactive ketones (excluding diaryl/α,β-unsaturated/α-hetero) is 1. The lowest BCUT2D eigenvalue weighted by atomic mass is 9.73. The predicted molar refractivity (Wildman–Crippen MR) is 95.9 cm³/mol. The number of likely N-dealkylation sites (tertiary alicyclic amines) is 1. The first-order valence-electron chi connectivity index (χ1n) is 8.50. The molecule has 0 saturated carbocycles. The van der Waals surface area contributed by atoms with Crippen LogP contribution in [0.1, 0.15) is 18.1 Å². The summed E-state index contributed by atoms with van der Waals surface area (Å²) >= 11 is 0. The topological polar surface area (TPSA) is 46.6 Å². The molecule has 0 bridgehead atoms. The first-order chi connectivity index (χ1) is 12.1. The standard InChI is InChI=1S/C21H23NO3/c1-16-19(23)21(20(24)22(16)15-25-2,13-17-9-5-3-6-10-17)14-18-11-7-4-8-12-18/h3-12,16H,13-15H2,1-2H3. The highest BCUT2D eigenvalue weighted by atomic mass is 16.5. The minimum absolute atomic E-state index is 0.0257. The SMILES string of the molecule is COCN1C(=O)C(Cc2ccccc2)(Cc2ccccc2)C(=O)C1C. The maximum Gasteiger partial charge on any atom is 0.239 e. The third-order valence-electron chi connectivity index (χ3n) is 4.95. The summed E-state index contributed by atoms with van der Waals surface area (Å²) in [5.74, 6) is -0.165. The van der Waals surface area contributed by atoms with Crippen LogP contribution in [0, 0.1) is 5.41 Å². The highest BCUT2D eigenvalue weighted by Crippen LogP contribution is 2.39. The van der Waals surface area contributed by atoms with E-state index in [-0.39, 0.29) is 18.4 Å². The van der Waals surface area contributed by atoms with Crippen LogP contribution in [0.15, 0.2) is 60.7 Å². The van der Waals surface area contributed by atoms with E-state index in [0.29, 0.717) is 12.8 Å². The Morgan fingerprint density at radius 3 is 1.84 bits per heavy atom. The van der Waals surface area contributed by atoms with Gasteiger partial charge in [-0.15, -0.1) is 0 Å². The summed E-state index contributed by atoms with van der Waals surface area (Å²) < 4.78 is 5.16. The van der Waals surface area contributed by atoms with Gasteiger partial charge < -0.3 is 9.64 Å². The van der Waals surface area contributed by atoms with Gasteiger partial charge in [-0.1, -0.05) is 60.7 Å². The second-order valence-corrected chi connectivity index (χ2v) is 6.64. The van der Waals surface area contributed by atoms with E-state index in [1.807, 2.05) is 60.7 Å². The van der Waals surface area contributed by atoms with E-state index in [2.05, 4.69) is 0 Å². The van der Waals surface area contributed by atoms with Crippen molar-refractivity contribution in [2.45, 2.75) is 25.8 Å². The monoisotopic (exact) mass is 337 g/mol. The fourth-order valence-electron chi connectivity index (χ4n) is 3.68. The predicted octanol–water partition coefficient (Wildman–Crippen LogP) is 2.86. The van der Waals surface area contributed by atoms with Gasteiger partial charge in [-0.2, -0.15) is 0 Å². The molecular formula is C21H23NO3. The number of methoxy groups -OCH3 is 1. The molecule has 1 fully saturated rings. The zero-order valence-electron chi connectivity index (χ0n) is 14.6. The molecule has 1 saturated heterocycles. The summed E-state index contributed by atoms with van der Waals surface area (Å²) in [6, 6.07) is 19.0. The smallest absolute Gasteiger partial charge is 0.239 e. The molecule has 0 radical (unpaired) electrons. The zero-order valence-corrected chi connectivity index (χ0v) is 14.6. The molecule has 0 N–H and O–H groups in total. The Hall–Kier alpha value is -2.46. The van der Waals surface area contributed by atoms with E-state index in [1.165, 1.54) is 0 Å². The molecule has 0 aliphatic carbocycles. The average Bonchev–Trinajstić information content (AvgIpc) is 2.80. The second-order valence-electron chi connectivity index (χ2n) is 6.64. The number of ketones is 1. The van der Waals surface area contributed by atoms with Crippen LogP contribution in [-0.2, 0) is 27.2 Å². The van der Waals surface area contributed by atoms with Crippen molar-refractivity contribution in [2.75, 3.05) is 13.8 Å². The molecule has 0 spiro atoms. The van der Waals surface area contributed by atoms with Gasteiger partial charge in [0.15, 0.2) is 5.78 Å². The molecule has 1 aliphatic heterocycles. The van der Waals surface area contributed by atoms with Crippen LogP contribution in [0.25, 0.3) is 0 Å². The van der Waals surface area contributed by atoms with E-state index >= 15 is 0 Å².